The molecule has 1 aliphatic rings. The zero-order valence-electron chi connectivity index (χ0n) is 12.5. The summed E-state index contributed by atoms with van der Waals surface area (Å²) in [4.78, 5) is 1.56. The van der Waals surface area contributed by atoms with Crippen molar-refractivity contribution < 1.29 is 18.6 Å². The van der Waals surface area contributed by atoms with Crippen molar-refractivity contribution in [1.29, 1.82) is 0 Å². The second-order valence-corrected chi connectivity index (χ2v) is 6.98. The summed E-state index contributed by atoms with van der Waals surface area (Å²) >= 11 is 0. The molecule has 1 aromatic carbocycles. The van der Waals surface area contributed by atoms with Gasteiger partial charge in [0, 0.05) is 19.7 Å². The smallest absolute Gasteiger partial charge is 0.265 e. The lowest BCUT2D eigenvalue weighted by Gasteiger charge is -2.38. The molecule has 0 saturated carbocycles. The number of sulfonamides is 1. The Morgan fingerprint density at radius 2 is 1.91 bits per heavy atom. The summed E-state index contributed by atoms with van der Waals surface area (Å²) in [5.74, 6) is 0.135. The van der Waals surface area contributed by atoms with E-state index in [1.165, 1.54) is 30.2 Å². The fourth-order valence-corrected chi connectivity index (χ4v) is 3.42. The molecule has 2 unspecified atom stereocenters. The van der Waals surface area contributed by atoms with Crippen LogP contribution in [0.3, 0.4) is 0 Å². The lowest BCUT2D eigenvalue weighted by Crippen LogP contribution is -2.56. The van der Waals surface area contributed by atoms with Gasteiger partial charge in [-0.2, -0.15) is 0 Å². The highest BCUT2D eigenvalue weighted by Crippen LogP contribution is 2.20. The number of hydrogen-bond acceptors (Lipinski definition) is 6. The fourth-order valence-electron chi connectivity index (χ4n) is 2.23. The first-order valence-electron chi connectivity index (χ1n) is 7.02. The maximum absolute atomic E-state index is 12.5. The molecule has 0 fully saturated rings. The van der Waals surface area contributed by atoms with Crippen LogP contribution in [-0.2, 0) is 10.0 Å². The van der Waals surface area contributed by atoms with Gasteiger partial charge in [0.1, 0.15) is 12.0 Å². The maximum atomic E-state index is 12.5. The van der Waals surface area contributed by atoms with E-state index in [9.17, 15) is 18.6 Å². The third kappa shape index (κ3) is 3.25. The number of aliphatic hydroxyl groups excluding tert-OH is 2. The molecule has 3 N–H and O–H groups in total. The Bertz CT molecular complexity index is 633. The van der Waals surface area contributed by atoms with Crippen LogP contribution in [-0.4, -0.2) is 54.0 Å². The van der Waals surface area contributed by atoms with Crippen molar-refractivity contribution >= 4 is 10.0 Å². The molecule has 2 atom stereocenters. The Labute approximate surface area is 130 Å². The van der Waals surface area contributed by atoms with E-state index in [1.54, 1.807) is 18.2 Å². The van der Waals surface area contributed by atoms with Gasteiger partial charge in [-0.3, -0.25) is 4.31 Å². The molecule has 22 heavy (non-hydrogen) atoms. The Balaban J connectivity index is 2.27. The average Bonchev–Trinajstić information content (AvgIpc) is 2.50. The number of aliphatic hydroxyl groups is 2. The summed E-state index contributed by atoms with van der Waals surface area (Å²) < 4.78 is 26.1. The van der Waals surface area contributed by atoms with Gasteiger partial charge < -0.3 is 15.5 Å². The third-order valence-corrected chi connectivity index (χ3v) is 5.25. The normalized spacial score (nSPS) is 22.8. The van der Waals surface area contributed by atoms with Crippen molar-refractivity contribution in [2.45, 2.75) is 30.8 Å². The predicted molar refractivity (Wildman–Crippen MR) is 81.6 cm³/mol. The van der Waals surface area contributed by atoms with Crippen LogP contribution in [0, 0.1) is 0 Å². The molecule has 0 saturated heterocycles. The van der Waals surface area contributed by atoms with Crippen LogP contribution in [0.2, 0.25) is 0 Å². The van der Waals surface area contributed by atoms with Gasteiger partial charge in [0.25, 0.3) is 10.0 Å². The minimum absolute atomic E-state index is 0.135. The Morgan fingerprint density at radius 3 is 2.45 bits per heavy atom. The number of benzene rings is 1. The molecule has 1 aromatic rings. The highest BCUT2D eigenvalue weighted by molar-refractivity contribution is 7.89. The Morgan fingerprint density at radius 1 is 1.27 bits per heavy atom. The largest absolute Gasteiger partial charge is 0.374 e. The maximum Gasteiger partial charge on any atom is 0.265 e. The minimum atomic E-state index is -3.75. The molecule has 0 amide bonds. The van der Waals surface area contributed by atoms with Crippen molar-refractivity contribution in [3.63, 3.8) is 0 Å². The molecule has 0 aliphatic carbocycles. The zero-order chi connectivity index (χ0) is 16.3. The summed E-state index contributed by atoms with van der Waals surface area (Å²) in [6.07, 6.45) is -0.0945. The van der Waals surface area contributed by atoms with E-state index in [0.717, 1.165) is 10.7 Å². The van der Waals surface area contributed by atoms with E-state index in [0.29, 0.717) is 6.54 Å². The van der Waals surface area contributed by atoms with Gasteiger partial charge in [0.15, 0.2) is 6.35 Å². The van der Waals surface area contributed by atoms with Crippen LogP contribution < -0.4 is 5.32 Å². The lowest BCUT2D eigenvalue weighted by molar-refractivity contribution is -0.104. The van der Waals surface area contributed by atoms with Crippen molar-refractivity contribution in [2.75, 3.05) is 13.6 Å². The third-order valence-electron chi connectivity index (χ3n) is 3.46. The molecule has 0 spiro atoms. The second-order valence-electron chi connectivity index (χ2n) is 5.01. The fraction of sp³-hybridized carbons (Fsp3) is 0.429. The molecule has 122 valence electrons. The number of rotatable bonds is 5. The molecule has 1 heterocycles. The van der Waals surface area contributed by atoms with Crippen LogP contribution in [0.1, 0.15) is 13.3 Å². The van der Waals surface area contributed by atoms with Gasteiger partial charge in [-0.1, -0.05) is 25.1 Å². The summed E-state index contributed by atoms with van der Waals surface area (Å²) in [5.41, 5.74) is 0. The van der Waals surface area contributed by atoms with E-state index < -0.39 is 22.6 Å². The van der Waals surface area contributed by atoms with Crippen molar-refractivity contribution in [3.8, 4) is 0 Å². The number of nitrogens with zero attached hydrogens (tertiary/aromatic N) is 2. The zero-order valence-corrected chi connectivity index (χ0v) is 13.4. The van der Waals surface area contributed by atoms with Crippen LogP contribution >= 0.6 is 0 Å². The van der Waals surface area contributed by atoms with Crippen molar-refractivity contribution in [2.24, 2.45) is 0 Å². The van der Waals surface area contributed by atoms with Gasteiger partial charge >= 0.3 is 0 Å². The van der Waals surface area contributed by atoms with Gasteiger partial charge in [0.2, 0.25) is 0 Å². The quantitative estimate of drug-likeness (QED) is 0.708. The topological polar surface area (TPSA) is 93.1 Å². The summed E-state index contributed by atoms with van der Waals surface area (Å²) in [5, 5.41) is 22.8. The summed E-state index contributed by atoms with van der Waals surface area (Å²) in [6, 6.07) is 7.98. The van der Waals surface area contributed by atoms with E-state index in [1.807, 2.05) is 6.92 Å². The molecule has 0 bridgehead atoms. The highest BCUT2D eigenvalue weighted by Gasteiger charge is 2.31. The minimum Gasteiger partial charge on any atom is -0.374 e. The molecule has 0 radical (unpaired) electrons. The van der Waals surface area contributed by atoms with Crippen molar-refractivity contribution in [1.82, 2.24) is 14.5 Å². The first-order valence-corrected chi connectivity index (χ1v) is 8.46. The number of nitrogens with one attached hydrogen (secondary N) is 1. The molecular formula is C14H21N3O4S. The first kappa shape index (κ1) is 16.8. The molecule has 1 aliphatic heterocycles. The van der Waals surface area contributed by atoms with E-state index in [2.05, 4.69) is 5.32 Å². The van der Waals surface area contributed by atoms with Gasteiger partial charge in [0.05, 0.1) is 4.90 Å². The van der Waals surface area contributed by atoms with Crippen LogP contribution in [0.4, 0.5) is 0 Å². The monoisotopic (exact) mass is 327 g/mol. The number of hydrogen-bond donors (Lipinski definition) is 3. The molecule has 8 heteroatoms. The molecule has 7 nitrogen and oxygen atoms in total. The predicted octanol–water partition coefficient (Wildman–Crippen LogP) is 0.0580. The second kappa shape index (κ2) is 6.66. The lowest BCUT2D eigenvalue weighted by atomic mass is 10.3. The van der Waals surface area contributed by atoms with Crippen LogP contribution in [0.5, 0.6) is 0 Å². The van der Waals surface area contributed by atoms with E-state index in [-0.39, 0.29) is 10.7 Å². The summed E-state index contributed by atoms with van der Waals surface area (Å²) in [7, 11) is -2.38. The Hall–Kier alpha value is -1.61. The highest BCUT2D eigenvalue weighted by atomic mass is 32.2. The molecular weight excluding hydrogens is 306 g/mol. The standard InChI is InChI=1S/C14H21N3O4S/c1-3-9-17-13(18)10-12(15-14(17)19)16(2)22(20,21)11-7-5-4-6-8-11/h4-8,10,13-15,18-19H,3,9H2,1-2H3. The van der Waals surface area contributed by atoms with Crippen LogP contribution in [0.15, 0.2) is 47.1 Å². The van der Waals surface area contributed by atoms with Crippen LogP contribution in [0.25, 0.3) is 0 Å². The first-order chi connectivity index (χ1) is 10.4. The average molecular weight is 327 g/mol. The van der Waals surface area contributed by atoms with Gasteiger partial charge in [-0.25, -0.2) is 13.3 Å². The molecule has 0 aromatic heterocycles. The summed E-state index contributed by atoms with van der Waals surface area (Å²) in [6.45, 7) is 2.40. The van der Waals surface area contributed by atoms with E-state index in [4.69, 9.17) is 0 Å². The van der Waals surface area contributed by atoms with E-state index >= 15 is 0 Å². The molecule has 2 rings (SSSR count). The SMILES string of the molecule is CCCN1C(O)C=C(N(C)S(=O)(=O)c2ccccc2)NC1O. The Kier molecular flexibility index (Phi) is 5.07. The van der Waals surface area contributed by atoms with Crippen molar-refractivity contribution in [3.05, 3.63) is 42.2 Å². The van der Waals surface area contributed by atoms with Gasteiger partial charge in [-0.15, -0.1) is 0 Å². The van der Waals surface area contributed by atoms with Gasteiger partial charge in [-0.05, 0) is 18.6 Å².